The molecule has 1 atom stereocenters. The number of hydrogen-bond acceptors (Lipinski definition) is 2. The Morgan fingerprint density at radius 2 is 1.37 bits per heavy atom. The molecule has 0 amide bonds. The molecule has 0 aromatic heterocycles. The number of likely N-dealkylation sites (tertiary alicyclic amines) is 1. The maximum atomic E-state index is 13.5. The summed E-state index contributed by atoms with van der Waals surface area (Å²) in [5, 5.41) is 0. The van der Waals surface area contributed by atoms with E-state index in [0.29, 0.717) is 24.7 Å². The highest BCUT2D eigenvalue weighted by Gasteiger charge is 2.36. The molecule has 0 saturated carbocycles. The molecule has 1 heterocycles. The van der Waals surface area contributed by atoms with Gasteiger partial charge in [0.2, 0.25) is 0 Å². The molecule has 2 aromatic carbocycles. The quantitative estimate of drug-likeness (QED) is 0.737. The Balaban J connectivity index is 1.67. The van der Waals surface area contributed by atoms with E-state index in [1.807, 2.05) is 24.3 Å². The predicted molar refractivity (Wildman–Crippen MR) is 102 cm³/mol. The Morgan fingerprint density at radius 1 is 0.852 bits per heavy atom. The number of carbonyl (C=O) groups is 1. The van der Waals surface area contributed by atoms with E-state index in [0.717, 1.165) is 37.1 Å². The monoisotopic (exact) mass is 367 g/mol. The molecule has 1 fully saturated rings. The lowest BCUT2D eigenvalue weighted by molar-refractivity contribution is -0.121. The van der Waals surface area contributed by atoms with Crippen LogP contribution in [-0.2, 0) is 10.2 Å². The molecule has 0 radical (unpaired) electrons. The van der Waals surface area contributed by atoms with Gasteiger partial charge in [-0.05, 0) is 48.2 Å². The molecule has 1 saturated heterocycles. The first-order valence-corrected chi connectivity index (χ1v) is 9.54. The van der Waals surface area contributed by atoms with E-state index < -0.39 is 0 Å². The number of nitrogens with zero attached hydrogens (tertiary/aromatic N) is 1. The van der Waals surface area contributed by atoms with Gasteiger partial charge in [-0.25, -0.2) is 8.78 Å². The van der Waals surface area contributed by atoms with Crippen molar-refractivity contribution in [2.24, 2.45) is 0 Å². The molecule has 140 valence electrons. The Kier molecular flexibility index (Phi) is 4.92. The second kappa shape index (κ2) is 7.35. The van der Waals surface area contributed by atoms with Crippen LogP contribution in [0.1, 0.15) is 36.8 Å². The van der Waals surface area contributed by atoms with Crippen LogP contribution in [-0.4, -0.2) is 29.8 Å². The van der Waals surface area contributed by atoms with Crippen LogP contribution < -0.4 is 0 Å². The molecule has 4 rings (SSSR count). The number of halogens is 2. The van der Waals surface area contributed by atoms with Gasteiger partial charge < -0.3 is 0 Å². The number of rotatable bonds is 3. The van der Waals surface area contributed by atoms with Crippen molar-refractivity contribution in [2.45, 2.75) is 37.1 Å². The first kappa shape index (κ1) is 18.1. The van der Waals surface area contributed by atoms with Crippen molar-refractivity contribution in [1.29, 1.82) is 0 Å². The first-order chi connectivity index (χ1) is 13.1. The van der Waals surface area contributed by atoms with E-state index in [2.05, 4.69) is 17.1 Å². The molecule has 0 bridgehead atoms. The number of allylic oxidation sites excluding steroid dienone is 1. The third kappa shape index (κ3) is 3.59. The SMILES string of the molecule is O=C1CCN(C2C=CC(c3ccc(F)cc3)(c3ccc(F)cc3)CC2)CC1. The lowest BCUT2D eigenvalue weighted by Gasteiger charge is -2.41. The van der Waals surface area contributed by atoms with E-state index in [4.69, 9.17) is 0 Å². The number of benzene rings is 2. The second-order valence-electron chi connectivity index (χ2n) is 7.52. The maximum absolute atomic E-state index is 13.5. The largest absolute Gasteiger partial charge is 0.300 e. The van der Waals surface area contributed by atoms with Gasteiger partial charge in [0.05, 0.1) is 0 Å². The molecule has 2 aliphatic rings. The fourth-order valence-electron chi connectivity index (χ4n) is 4.38. The summed E-state index contributed by atoms with van der Waals surface area (Å²) in [5.41, 5.74) is 1.64. The lowest BCUT2D eigenvalue weighted by atomic mass is 9.68. The van der Waals surface area contributed by atoms with Crippen LogP contribution in [0.5, 0.6) is 0 Å². The van der Waals surface area contributed by atoms with Crippen LogP contribution in [0.3, 0.4) is 0 Å². The molecule has 4 heteroatoms. The summed E-state index contributed by atoms with van der Waals surface area (Å²) in [4.78, 5) is 13.9. The summed E-state index contributed by atoms with van der Waals surface area (Å²) in [6.07, 6.45) is 7.47. The van der Waals surface area contributed by atoms with Gasteiger partial charge in [-0.15, -0.1) is 0 Å². The topological polar surface area (TPSA) is 20.3 Å². The van der Waals surface area contributed by atoms with Crippen molar-refractivity contribution in [1.82, 2.24) is 4.90 Å². The fraction of sp³-hybridized carbons (Fsp3) is 0.348. The van der Waals surface area contributed by atoms with Crippen molar-refractivity contribution >= 4 is 5.78 Å². The van der Waals surface area contributed by atoms with Gasteiger partial charge in [-0.1, -0.05) is 36.4 Å². The fourth-order valence-corrected chi connectivity index (χ4v) is 4.38. The van der Waals surface area contributed by atoms with Crippen molar-refractivity contribution in [3.63, 3.8) is 0 Å². The number of carbonyl (C=O) groups excluding carboxylic acids is 1. The summed E-state index contributed by atoms with van der Waals surface area (Å²) in [7, 11) is 0. The van der Waals surface area contributed by atoms with E-state index in [1.165, 1.54) is 24.3 Å². The average molecular weight is 367 g/mol. The number of hydrogen-bond donors (Lipinski definition) is 0. The summed E-state index contributed by atoms with van der Waals surface area (Å²) in [6.45, 7) is 1.63. The maximum Gasteiger partial charge on any atom is 0.135 e. The van der Waals surface area contributed by atoms with E-state index in [9.17, 15) is 13.6 Å². The first-order valence-electron chi connectivity index (χ1n) is 9.54. The zero-order chi connectivity index (χ0) is 18.9. The highest BCUT2D eigenvalue weighted by atomic mass is 19.1. The summed E-state index contributed by atoms with van der Waals surface area (Å²) >= 11 is 0. The summed E-state index contributed by atoms with van der Waals surface area (Å²) in [6, 6.07) is 13.5. The van der Waals surface area contributed by atoms with E-state index >= 15 is 0 Å². The van der Waals surface area contributed by atoms with Gasteiger partial charge in [0.15, 0.2) is 0 Å². The van der Waals surface area contributed by atoms with Gasteiger partial charge in [-0.2, -0.15) is 0 Å². The van der Waals surface area contributed by atoms with Gasteiger partial charge in [0, 0.05) is 37.4 Å². The molecule has 0 N–H and O–H groups in total. The van der Waals surface area contributed by atoms with Crippen LogP contribution >= 0.6 is 0 Å². The van der Waals surface area contributed by atoms with Gasteiger partial charge in [0.25, 0.3) is 0 Å². The minimum atomic E-state index is -0.385. The molecule has 2 nitrogen and oxygen atoms in total. The number of ketones is 1. The second-order valence-corrected chi connectivity index (χ2v) is 7.52. The predicted octanol–water partition coefficient (Wildman–Crippen LogP) is 4.63. The zero-order valence-electron chi connectivity index (χ0n) is 15.2. The van der Waals surface area contributed by atoms with Crippen molar-refractivity contribution in [2.75, 3.05) is 13.1 Å². The molecule has 0 spiro atoms. The molecule has 1 unspecified atom stereocenters. The molecule has 27 heavy (non-hydrogen) atoms. The highest BCUT2D eigenvalue weighted by molar-refractivity contribution is 5.79. The summed E-state index contributed by atoms with van der Waals surface area (Å²) in [5.74, 6) is -0.176. The third-order valence-corrected chi connectivity index (χ3v) is 5.98. The molecule has 1 aliphatic heterocycles. The number of piperidine rings is 1. The summed E-state index contributed by atoms with van der Waals surface area (Å²) < 4.78 is 26.9. The van der Waals surface area contributed by atoms with Gasteiger partial charge in [0.1, 0.15) is 17.4 Å². The Labute approximate surface area is 158 Å². The van der Waals surface area contributed by atoms with Crippen LogP contribution in [0.4, 0.5) is 8.78 Å². The van der Waals surface area contributed by atoms with Crippen LogP contribution in [0.2, 0.25) is 0 Å². The lowest BCUT2D eigenvalue weighted by Crippen LogP contribution is -2.43. The smallest absolute Gasteiger partial charge is 0.135 e. The molecular weight excluding hydrogens is 344 g/mol. The Morgan fingerprint density at radius 3 is 1.81 bits per heavy atom. The highest BCUT2D eigenvalue weighted by Crippen LogP contribution is 2.42. The third-order valence-electron chi connectivity index (χ3n) is 5.98. The van der Waals surface area contributed by atoms with Crippen LogP contribution in [0.15, 0.2) is 60.7 Å². The molecule has 1 aliphatic carbocycles. The Bertz CT molecular complexity index is 786. The van der Waals surface area contributed by atoms with Crippen molar-refractivity contribution in [3.05, 3.63) is 83.4 Å². The minimum Gasteiger partial charge on any atom is -0.300 e. The van der Waals surface area contributed by atoms with Gasteiger partial charge in [-0.3, -0.25) is 9.69 Å². The molecule has 2 aromatic rings. The normalized spacial score (nSPS) is 22.7. The van der Waals surface area contributed by atoms with Gasteiger partial charge >= 0.3 is 0 Å². The average Bonchev–Trinajstić information content (AvgIpc) is 2.70. The van der Waals surface area contributed by atoms with Crippen molar-refractivity contribution < 1.29 is 13.6 Å². The molecular formula is C23H23F2NO. The standard InChI is InChI=1S/C23H23F2NO/c24-19-5-1-17(2-6-19)23(18-3-7-20(25)8-4-18)13-9-21(10-14-23)26-15-11-22(27)12-16-26/h1-9,13,21H,10-12,14-16H2. The van der Waals surface area contributed by atoms with Crippen LogP contribution in [0, 0.1) is 11.6 Å². The van der Waals surface area contributed by atoms with Crippen molar-refractivity contribution in [3.8, 4) is 0 Å². The minimum absolute atomic E-state index is 0.261. The zero-order valence-corrected chi connectivity index (χ0v) is 15.2. The Hall–Kier alpha value is -2.33. The number of Topliss-reactive ketones (excluding diaryl/α,β-unsaturated/α-hetero) is 1. The van der Waals surface area contributed by atoms with E-state index in [1.54, 1.807) is 0 Å². The van der Waals surface area contributed by atoms with E-state index in [-0.39, 0.29) is 17.0 Å². The van der Waals surface area contributed by atoms with Crippen LogP contribution in [0.25, 0.3) is 0 Å².